The highest BCUT2D eigenvalue weighted by Crippen LogP contribution is 2.35. The van der Waals surface area contributed by atoms with E-state index >= 15 is 0 Å². The van der Waals surface area contributed by atoms with Crippen LogP contribution in [-0.2, 0) is 13.2 Å². The maximum atomic E-state index is 9.62. The quantitative estimate of drug-likeness (QED) is 0.412. The first-order valence-corrected chi connectivity index (χ1v) is 11.3. The number of benzene rings is 3. The summed E-state index contributed by atoms with van der Waals surface area (Å²) in [6, 6.07) is 20.4. The van der Waals surface area contributed by atoms with Crippen molar-refractivity contribution in [3.63, 3.8) is 0 Å². The van der Waals surface area contributed by atoms with Gasteiger partial charge in [-0.3, -0.25) is 0 Å². The van der Waals surface area contributed by atoms with Crippen LogP contribution in [0.15, 0.2) is 60.7 Å². The number of aliphatic hydroxyl groups excluding tert-OH is 1. The lowest BCUT2D eigenvalue weighted by Crippen LogP contribution is -2.36. The fourth-order valence-electron chi connectivity index (χ4n) is 3.89. The summed E-state index contributed by atoms with van der Waals surface area (Å²) in [7, 11) is 3.28. The molecule has 0 saturated carbocycles. The molecule has 0 saturated heterocycles. The van der Waals surface area contributed by atoms with Gasteiger partial charge in [-0.05, 0) is 35.1 Å². The van der Waals surface area contributed by atoms with Crippen LogP contribution >= 0.6 is 0 Å². The molecule has 0 heterocycles. The van der Waals surface area contributed by atoms with Gasteiger partial charge >= 0.3 is 0 Å². The van der Waals surface area contributed by atoms with Crippen LogP contribution < -0.4 is 19.5 Å². The summed E-state index contributed by atoms with van der Waals surface area (Å²) in [6.45, 7) is 7.32. The van der Waals surface area contributed by atoms with Crippen LogP contribution in [0.5, 0.6) is 17.2 Å². The van der Waals surface area contributed by atoms with Crippen LogP contribution in [0.25, 0.3) is 11.1 Å². The Bertz CT molecular complexity index is 1010. The summed E-state index contributed by atoms with van der Waals surface area (Å²) in [5.74, 6) is 2.36. The Morgan fingerprint density at radius 3 is 2.15 bits per heavy atom. The van der Waals surface area contributed by atoms with E-state index in [4.69, 9.17) is 14.2 Å². The van der Waals surface area contributed by atoms with E-state index in [1.165, 1.54) is 16.7 Å². The highest BCUT2D eigenvalue weighted by molar-refractivity contribution is 5.68. The van der Waals surface area contributed by atoms with E-state index in [-0.39, 0.29) is 12.6 Å². The molecule has 1 atom stereocenters. The molecule has 0 amide bonds. The zero-order chi connectivity index (χ0) is 23.8. The fraction of sp³-hybridized carbons (Fsp3) is 0.357. The number of methoxy groups -OCH3 is 2. The minimum Gasteiger partial charge on any atom is -0.496 e. The number of ether oxygens (including phenoxy) is 3. The van der Waals surface area contributed by atoms with Crippen LogP contribution in [0.1, 0.15) is 30.5 Å². The van der Waals surface area contributed by atoms with E-state index in [2.05, 4.69) is 68.6 Å². The van der Waals surface area contributed by atoms with E-state index in [1.807, 2.05) is 18.2 Å². The Labute approximate surface area is 197 Å². The molecule has 0 aromatic heterocycles. The van der Waals surface area contributed by atoms with Crippen LogP contribution in [0, 0.1) is 12.8 Å². The smallest absolute Gasteiger partial charge is 0.130 e. The van der Waals surface area contributed by atoms with Crippen molar-refractivity contribution in [1.82, 2.24) is 5.32 Å². The maximum absolute atomic E-state index is 9.62. The summed E-state index contributed by atoms with van der Waals surface area (Å²) in [4.78, 5) is 0. The topological polar surface area (TPSA) is 60.0 Å². The van der Waals surface area contributed by atoms with E-state index in [1.54, 1.807) is 14.2 Å². The monoisotopic (exact) mass is 449 g/mol. The third-order valence-corrected chi connectivity index (χ3v) is 6.05. The van der Waals surface area contributed by atoms with Crippen molar-refractivity contribution in [2.24, 2.45) is 5.92 Å². The minimum atomic E-state index is -0.00444. The van der Waals surface area contributed by atoms with Crippen LogP contribution in [0.3, 0.4) is 0 Å². The molecule has 176 valence electrons. The fourth-order valence-corrected chi connectivity index (χ4v) is 3.89. The van der Waals surface area contributed by atoms with E-state index < -0.39 is 0 Å². The average Bonchev–Trinajstić information content (AvgIpc) is 2.84. The second-order valence-electron chi connectivity index (χ2n) is 8.46. The first-order chi connectivity index (χ1) is 16.0. The summed E-state index contributed by atoms with van der Waals surface area (Å²) in [6.07, 6.45) is 0. The van der Waals surface area contributed by atoms with Crippen LogP contribution in [-0.4, -0.2) is 32.0 Å². The molecular weight excluding hydrogens is 414 g/mol. The van der Waals surface area contributed by atoms with Crippen LogP contribution in [0.2, 0.25) is 0 Å². The average molecular weight is 450 g/mol. The summed E-state index contributed by atoms with van der Waals surface area (Å²) in [5.41, 5.74) is 5.63. The second-order valence-corrected chi connectivity index (χ2v) is 8.46. The number of aliphatic hydroxyl groups is 1. The number of rotatable bonds is 11. The molecule has 2 N–H and O–H groups in total. The van der Waals surface area contributed by atoms with Gasteiger partial charge in [-0.1, -0.05) is 62.4 Å². The summed E-state index contributed by atoms with van der Waals surface area (Å²) in [5, 5.41) is 13.0. The Hall–Kier alpha value is -3.02. The van der Waals surface area contributed by atoms with Crippen molar-refractivity contribution in [2.45, 2.75) is 40.0 Å². The van der Waals surface area contributed by atoms with Gasteiger partial charge in [0.2, 0.25) is 0 Å². The second kappa shape index (κ2) is 11.7. The molecule has 5 heteroatoms. The van der Waals surface area contributed by atoms with Crippen molar-refractivity contribution in [3.8, 4) is 28.4 Å². The van der Waals surface area contributed by atoms with Crippen molar-refractivity contribution >= 4 is 0 Å². The molecule has 0 aliphatic rings. The van der Waals surface area contributed by atoms with E-state index in [0.29, 0.717) is 36.3 Å². The molecule has 0 spiro atoms. The molecule has 3 aromatic rings. The normalized spacial score (nSPS) is 12.0. The molecule has 5 nitrogen and oxygen atoms in total. The first-order valence-electron chi connectivity index (χ1n) is 11.3. The lowest BCUT2D eigenvalue weighted by molar-refractivity contribution is 0.209. The Balaban J connectivity index is 1.79. The molecule has 0 fully saturated rings. The Morgan fingerprint density at radius 2 is 1.58 bits per heavy atom. The Morgan fingerprint density at radius 1 is 0.909 bits per heavy atom. The highest BCUT2D eigenvalue weighted by Gasteiger charge is 2.17. The molecule has 3 rings (SSSR count). The minimum absolute atomic E-state index is 0.00444. The maximum Gasteiger partial charge on any atom is 0.130 e. The Kier molecular flexibility index (Phi) is 8.75. The van der Waals surface area contributed by atoms with E-state index in [0.717, 1.165) is 11.1 Å². The lowest BCUT2D eigenvalue weighted by Gasteiger charge is -2.22. The van der Waals surface area contributed by atoms with Gasteiger partial charge in [0, 0.05) is 24.7 Å². The van der Waals surface area contributed by atoms with Gasteiger partial charge in [0.1, 0.15) is 23.9 Å². The van der Waals surface area contributed by atoms with Gasteiger partial charge < -0.3 is 24.6 Å². The van der Waals surface area contributed by atoms with Crippen molar-refractivity contribution in [1.29, 1.82) is 0 Å². The predicted octanol–water partition coefficient (Wildman–Crippen LogP) is 5.36. The molecule has 0 aliphatic carbocycles. The third-order valence-electron chi connectivity index (χ3n) is 6.05. The molecule has 0 bridgehead atoms. The summed E-state index contributed by atoms with van der Waals surface area (Å²) >= 11 is 0. The molecule has 0 unspecified atom stereocenters. The predicted molar refractivity (Wildman–Crippen MR) is 133 cm³/mol. The number of hydrogen-bond donors (Lipinski definition) is 2. The van der Waals surface area contributed by atoms with Crippen molar-refractivity contribution in [2.75, 3.05) is 20.8 Å². The standard InChI is InChI=1S/C28H35NO4/c1-19(2)26(17-30)29-16-25-27(31-4)14-23(15-28(25)32-5)33-18-22-12-9-13-24(20(22)3)21-10-7-6-8-11-21/h6-15,19,26,29-30H,16-18H2,1-5H3/t26-/m1/s1. The van der Waals surface area contributed by atoms with Gasteiger partial charge in [0.25, 0.3) is 0 Å². The van der Waals surface area contributed by atoms with Gasteiger partial charge in [0.15, 0.2) is 0 Å². The lowest BCUT2D eigenvalue weighted by atomic mass is 9.97. The molecular formula is C28H35NO4. The zero-order valence-electron chi connectivity index (χ0n) is 20.2. The SMILES string of the molecule is COc1cc(OCc2cccc(-c3ccccc3)c2C)cc(OC)c1CN[C@H](CO)C(C)C. The third kappa shape index (κ3) is 6.06. The van der Waals surface area contributed by atoms with Gasteiger partial charge in [0.05, 0.1) is 26.4 Å². The molecule has 0 radical (unpaired) electrons. The molecule has 0 aliphatic heterocycles. The largest absolute Gasteiger partial charge is 0.496 e. The van der Waals surface area contributed by atoms with Crippen molar-refractivity contribution < 1.29 is 19.3 Å². The highest BCUT2D eigenvalue weighted by atomic mass is 16.5. The molecule has 3 aromatic carbocycles. The van der Waals surface area contributed by atoms with Gasteiger partial charge in [-0.15, -0.1) is 0 Å². The van der Waals surface area contributed by atoms with E-state index in [9.17, 15) is 5.11 Å². The summed E-state index contributed by atoms with van der Waals surface area (Å²) < 4.78 is 17.5. The first kappa shape index (κ1) is 24.6. The zero-order valence-corrected chi connectivity index (χ0v) is 20.2. The van der Waals surface area contributed by atoms with Crippen LogP contribution in [0.4, 0.5) is 0 Å². The van der Waals surface area contributed by atoms with Crippen molar-refractivity contribution in [3.05, 3.63) is 77.4 Å². The number of hydrogen-bond acceptors (Lipinski definition) is 5. The van der Waals surface area contributed by atoms with Gasteiger partial charge in [-0.25, -0.2) is 0 Å². The number of nitrogens with one attached hydrogen (secondary N) is 1. The van der Waals surface area contributed by atoms with Gasteiger partial charge in [-0.2, -0.15) is 0 Å². The molecule has 33 heavy (non-hydrogen) atoms.